The van der Waals surface area contributed by atoms with Gasteiger partial charge in [0, 0.05) is 35.9 Å². The summed E-state index contributed by atoms with van der Waals surface area (Å²) in [4.78, 5) is 51.3. The zero-order chi connectivity index (χ0) is 32.4. The molecule has 1 fully saturated rings. The first kappa shape index (κ1) is 31.4. The number of carbonyl (C=O) groups excluding carboxylic acids is 3. The van der Waals surface area contributed by atoms with Crippen LogP contribution in [0.3, 0.4) is 0 Å². The van der Waals surface area contributed by atoms with E-state index in [9.17, 15) is 14.4 Å². The number of urea groups is 1. The highest BCUT2D eigenvalue weighted by Crippen LogP contribution is 2.31. The van der Waals surface area contributed by atoms with Gasteiger partial charge in [0.25, 0.3) is 0 Å². The first-order valence-electron chi connectivity index (χ1n) is 14.6. The summed E-state index contributed by atoms with van der Waals surface area (Å²) in [6.07, 6.45) is 1.81. The number of morpholine rings is 1. The second kappa shape index (κ2) is 12.5. The number of amides is 3. The molecule has 1 N–H and O–H groups in total. The van der Waals surface area contributed by atoms with Crippen LogP contribution in [0.4, 0.5) is 31.6 Å². The van der Waals surface area contributed by atoms with Crippen molar-refractivity contribution in [3.63, 3.8) is 0 Å². The summed E-state index contributed by atoms with van der Waals surface area (Å²) in [6.45, 7) is 12.7. The smallest absolute Gasteiger partial charge is 0.435 e. The Hall–Kier alpha value is -5.04. The summed E-state index contributed by atoms with van der Waals surface area (Å²) < 4.78 is 17.7. The molecule has 0 aliphatic carbocycles. The van der Waals surface area contributed by atoms with Gasteiger partial charge in [-0.1, -0.05) is 12.1 Å². The van der Waals surface area contributed by atoms with Gasteiger partial charge in [0.15, 0.2) is 5.82 Å². The molecule has 5 rings (SSSR count). The van der Waals surface area contributed by atoms with Crippen LogP contribution in [0.2, 0.25) is 0 Å². The maximum atomic E-state index is 13.6. The van der Waals surface area contributed by atoms with Gasteiger partial charge in [0.2, 0.25) is 0 Å². The maximum absolute atomic E-state index is 13.6. The zero-order valence-electron chi connectivity index (χ0n) is 26.2. The van der Waals surface area contributed by atoms with Crippen molar-refractivity contribution in [3.8, 4) is 11.4 Å². The number of fused-ring (bicyclic) bond motifs is 1. The van der Waals surface area contributed by atoms with Gasteiger partial charge in [-0.3, -0.25) is 0 Å². The van der Waals surface area contributed by atoms with Crippen molar-refractivity contribution in [2.24, 2.45) is 0 Å². The zero-order valence-corrected chi connectivity index (χ0v) is 26.2. The lowest BCUT2D eigenvalue weighted by Crippen LogP contribution is -2.43. The van der Waals surface area contributed by atoms with Crippen molar-refractivity contribution < 1.29 is 28.6 Å². The van der Waals surface area contributed by atoms with Crippen molar-refractivity contribution in [1.82, 2.24) is 24.6 Å². The van der Waals surface area contributed by atoms with Crippen LogP contribution in [0.5, 0.6) is 0 Å². The summed E-state index contributed by atoms with van der Waals surface area (Å²) in [5.74, 6) is 0.596. The molecule has 1 aliphatic rings. The number of hydrogen-bond donors (Lipinski definition) is 1. The highest BCUT2D eigenvalue weighted by molar-refractivity contribution is 5.99. The summed E-state index contributed by atoms with van der Waals surface area (Å²) in [6, 6.07) is 13.6. The van der Waals surface area contributed by atoms with Crippen LogP contribution >= 0.6 is 0 Å². The number of carbonyl (C=O) groups is 3. The molecule has 3 amide bonds. The second-order valence-electron chi connectivity index (χ2n) is 12.4. The third kappa shape index (κ3) is 7.73. The van der Waals surface area contributed by atoms with Gasteiger partial charge in [-0.25, -0.2) is 29.3 Å². The van der Waals surface area contributed by atoms with E-state index in [1.807, 2.05) is 6.07 Å². The molecular formula is C32H37N7O6. The molecule has 2 aromatic heterocycles. The molecule has 1 saturated heterocycles. The van der Waals surface area contributed by atoms with Gasteiger partial charge >= 0.3 is 18.2 Å². The molecule has 0 bridgehead atoms. The quantitative estimate of drug-likeness (QED) is 0.283. The third-order valence-electron chi connectivity index (χ3n) is 6.49. The predicted molar refractivity (Wildman–Crippen MR) is 169 cm³/mol. The summed E-state index contributed by atoms with van der Waals surface area (Å²) >= 11 is 0. The fourth-order valence-corrected chi connectivity index (χ4v) is 4.57. The van der Waals surface area contributed by atoms with Crippen LogP contribution in [0.1, 0.15) is 41.5 Å². The number of aromatic nitrogens is 4. The lowest BCUT2D eigenvalue weighted by molar-refractivity contribution is 0.0521. The van der Waals surface area contributed by atoms with E-state index in [1.54, 1.807) is 95.1 Å². The van der Waals surface area contributed by atoms with Crippen molar-refractivity contribution >= 4 is 46.3 Å². The molecular weight excluding hydrogens is 578 g/mol. The van der Waals surface area contributed by atoms with E-state index in [4.69, 9.17) is 19.2 Å². The van der Waals surface area contributed by atoms with E-state index >= 15 is 0 Å². The first-order chi connectivity index (χ1) is 21.3. The third-order valence-corrected chi connectivity index (χ3v) is 6.49. The standard InChI is InChI=1S/C32H37N7O6/c1-31(2,3)44-29(41)38(24-10-11-25-22(19-24)20-34-39(25)30(42)45-32(4,5)6)26-12-13-33-27(36-26)21-8-7-9-23(18-21)35-28(40)37-14-16-43-17-15-37/h7-13,18-20H,14-17H2,1-6H3,(H,35,40). The van der Waals surface area contributed by atoms with E-state index in [0.717, 1.165) is 0 Å². The molecule has 45 heavy (non-hydrogen) atoms. The Bertz CT molecular complexity index is 1720. The van der Waals surface area contributed by atoms with Crippen LogP contribution in [0, 0.1) is 0 Å². The molecule has 13 heteroatoms. The number of anilines is 3. The molecule has 236 valence electrons. The maximum Gasteiger partial charge on any atom is 0.435 e. The van der Waals surface area contributed by atoms with E-state index < -0.39 is 23.4 Å². The molecule has 4 aromatic rings. The van der Waals surface area contributed by atoms with Gasteiger partial charge < -0.3 is 24.4 Å². The number of hydrogen-bond acceptors (Lipinski definition) is 9. The topological polar surface area (TPSA) is 141 Å². The van der Waals surface area contributed by atoms with Crippen molar-refractivity contribution in [2.45, 2.75) is 52.7 Å². The largest absolute Gasteiger partial charge is 0.443 e. The molecule has 2 aromatic carbocycles. The molecule has 1 aliphatic heterocycles. The van der Waals surface area contributed by atoms with Crippen LogP contribution in [-0.4, -0.2) is 80.4 Å². The Balaban J connectivity index is 1.47. The average Bonchev–Trinajstić information content (AvgIpc) is 3.40. The molecule has 3 heterocycles. The van der Waals surface area contributed by atoms with Crippen LogP contribution in [0.25, 0.3) is 22.3 Å². The lowest BCUT2D eigenvalue weighted by Gasteiger charge is -2.27. The number of nitrogens with zero attached hydrogens (tertiary/aromatic N) is 6. The summed E-state index contributed by atoms with van der Waals surface area (Å²) in [7, 11) is 0. The first-order valence-corrected chi connectivity index (χ1v) is 14.6. The van der Waals surface area contributed by atoms with Gasteiger partial charge in [0.1, 0.15) is 17.0 Å². The van der Waals surface area contributed by atoms with Gasteiger partial charge in [0.05, 0.1) is 30.6 Å². The Morgan fingerprint density at radius 3 is 2.38 bits per heavy atom. The van der Waals surface area contributed by atoms with Gasteiger partial charge in [-0.05, 0) is 77.9 Å². The Labute approximate surface area is 261 Å². The fourth-order valence-electron chi connectivity index (χ4n) is 4.57. The van der Waals surface area contributed by atoms with Gasteiger partial charge in [-0.15, -0.1) is 0 Å². The molecule has 0 atom stereocenters. The number of rotatable bonds is 4. The van der Waals surface area contributed by atoms with Crippen molar-refractivity contribution in [2.75, 3.05) is 36.5 Å². The summed E-state index contributed by atoms with van der Waals surface area (Å²) in [5, 5.41) is 7.73. The van der Waals surface area contributed by atoms with Gasteiger partial charge in [-0.2, -0.15) is 9.78 Å². The molecule has 0 spiro atoms. The second-order valence-corrected chi connectivity index (χ2v) is 12.4. The Morgan fingerprint density at radius 2 is 1.67 bits per heavy atom. The highest BCUT2D eigenvalue weighted by atomic mass is 16.6. The molecule has 13 nitrogen and oxygen atoms in total. The van der Waals surface area contributed by atoms with Crippen LogP contribution in [0.15, 0.2) is 60.9 Å². The SMILES string of the molecule is CC(C)(C)OC(=O)N(c1ccc2c(cnn2C(=O)OC(C)(C)C)c1)c1ccnc(-c2cccc(NC(=O)N3CCOCC3)c2)n1. The lowest BCUT2D eigenvalue weighted by atomic mass is 10.2. The van der Waals surface area contributed by atoms with Crippen molar-refractivity contribution in [3.05, 3.63) is 60.9 Å². The van der Waals surface area contributed by atoms with E-state index in [2.05, 4.69) is 15.4 Å². The Kier molecular flexibility index (Phi) is 8.73. The van der Waals surface area contributed by atoms with E-state index in [-0.39, 0.29) is 11.8 Å². The normalized spacial score (nSPS) is 13.8. The van der Waals surface area contributed by atoms with Crippen molar-refractivity contribution in [1.29, 1.82) is 0 Å². The van der Waals surface area contributed by atoms with Crippen LogP contribution < -0.4 is 10.2 Å². The number of benzene rings is 2. The minimum absolute atomic E-state index is 0.216. The number of ether oxygens (including phenoxy) is 3. The number of nitrogens with one attached hydrogen (secondary N) is 1. The van der Waals surface area contributed by atoms with E-state index in [0.29, 0.717) is 60.0 Å². The monoisotopic (exact) mass is 615 g/mol. The Morgan fingerprint density at radius 1 is 0.933 bits per heavy atom. The minimum Gasteiger partial charge on any atom is -0.443 e. The highest BCUT2D eigenvalue weighted by Gasteiger charge is 2.28. The van der Waals surface area contributed by atoms with Crippen LogP contribution in [-0.2, 0) is 14.2 Å². The molecule has 0 saturated carbocycles. The minimum atomic E-state index is -0.788. The predicted octanol–water partition coefficient (Wildman–Crippen LogP) is 6.21. The molecule has 0 radical (unpaired) electrons. The summed E-state index contributed by atoms with van der Waals surface area (Å²) in [5.41, 5.74) is 0.683. The fraction of sp³-hybridized carbons (Fsp3) is 0.375. The van der Waals surface area contributed by atoms with E-state index in [1.165, 1.54) is 15.8 Å². The average molecular weight is 616 g/mol. The molecule has 0 unspecified atom stereocenters.